The number of piperazine rings is 1. The van der Waals surface area contributed by atoms with Crippen LogP contribution < -0.4 is 10.0 Å². The topological polar surface area (TPSA) is 98.8 Å². The van der Waals surface area contributed by atoms with Gasteiger partial charge in [-0.25, -0.2) is 8.42 Å². The number of rotatable bonds is 5. The summed E-state index contributed by atoms with van der Waals surface area (Å²) in [6, 6.07) is 9.47. The van der Waals surface area contributed by atoms with Crippen molar-refractivity contribution in [3.63, 3.8) is 0 Å². The molecule has 33 heavy (non-hydrogen) atoms. The van der Waals surface area contributed by atoms with Gasteiger partial charge in [0.1, 0.15) is 6.04 Å². The Bertz CT molecular complexity index is 1160. The Morgan fingerprint density at radius 3 is 2.52 bits per heavy atom. The van der Waals surface area contributed by atoms with Crippen molar-refractivity contribution in [2.75, 3.05) is 26.2 Å². The van der Waals surface area contributed by atoms with E-state index in [-0.39, 0.29) is 35.3 Å². The smallest absolute Gasteiger partial charge is 0.242 e. The van der Waals surface area contributed by atoms with E-state index in [0.717, 1.165) is 10.8 Å². The molecule has 2 amide bonds. The molecule has 2 saturated heterocycles. The van der Waals surface area contributed by atoms with Gasteiger partial charge in [-0.05, 0) is 61.7 Å². The summed E-state index contributed by atoms with van der Waals surface area (Å²) in [6.45, 7) is 5.63. The number of fused-ring (bicyclic) bond motifs is 1. The number of sulfonamides is 1. The first-order valence-corrected chi connectivity index (χ1v) is 13.0. The monoisotopic (exact) mass is 492 g/mol. The largest absolute Gasteiger partial charge is 0.338 e. The number of amides is 2. The molecule has 178 valence electrons. The summed E-state index contributed by atoms with van der Waals surface area (Å²) < 4.78 is 28.6. The van der Waals surface area contributed by atoms with Crippen LogP contribution in [0.25, 0.3) is 10.8 Å². The first-order valence-electron chi connectivity index (χ1n) is 11.2. The average molecular weight is 493 g/mol. The molecular weight excluding hydrogens is 464 g/mol. The van der Waals surface area contributed by atoms with Gasteiger partial charge < -0.3 is 15.1 Å². The minimum atomic E-state index is -3.92. The number of piperidine rings is 1. The number of hydrogen-bond acceptors (Lipinski definition) is 5. The van der Waals surface area contributed by atoms with Crippen LogP contribution in [0, 0.1) is 0 Å². The van der Waals surface area contributed by atoms with E-state index >= 15 is 0 Å². The molecule has 10 heteroatoms. The third-order valence-electron chi connectivity index (χ3n) is 6.15. The molecular formula is C23H29ClN4O4S. The summed E-state index contributed by atoms with van der Waals surface area (Å²) in [5, 5.41) is 5.52. The van der Waals surface area contributed by atoms with Crippen LogP contribution in [0.2, 0.25) is 5.02 Å². The summed E-state index contributed by atoms with van der Waals surface area (Å²) in [6.07, 6.45) is 1.02. The van der Waals surface area contributed by atoms with Crippen LogP contribution in [0.3, 0.4) is 0 Å². The third-order valence-corrected chi connectivity index (χ3v) is 7.85. The fraction of sp³-hybridized carbons (Fsp3) is 0.478. The third kappa shape index (κ3) is 5.48. The van der Waals surface area contributed by atoms with E-state index in [1.54, 1.807) is 35.2 Å². The van der Waals surface area contributed by atoms with Crippen molar-refractivity contribution >= 4 is 44.2 Å². The maximum Gasteiger partial charge on any atom is 0.242 e. The Morgan fingerprint density at radius 1 is 1.12 bits per heavy atom. The molecule has 0 aliphatic carbocycles. The maximum absolute atomic E-state index is 13.0. The molecule has 0 saturated carbocycles. The van der Waals surface area contributed by atoms with Gasteiger partial charge in [0, 0.05) is 36.7 Å². The lowest BCUT2D eigenvalue weighted by Gasteiger charge is -2.38. The zero-order valence-corrected chi connectivity index (χ0v) is 20.3. The van der Waals surface area contributed by atoms with Crippen molar-refractivity contribution in [3.8, 4) is 0 Å². The van der Waals surface area contributed by atoms with Gasteiger partial charge in [0.25, 0.3) is 0 Å². The molecule has 4 rings (SSSR count). The molecule has 2 fully saturated rings. The Kier molecular flexibility index (Phi) is 6.95. The van der Waals surface area contributed by atoms with Gasteiger partial charge >= 0.3 is 0 Å². The molecule has 3 atom stereocenters. The molecule has 2 aliphatic rings. The van der Waals surface area contributed by atoms with Crippen molar-refractivity contribution in [1.29, 1.82) is 0 Å². The molecule has 2 N–H and O–H groups in total. The number of carbonyl (C=O) groups is 2. The van der Waals surface area contributed by atoms with E-state index in [2.05, 4.69) is 10.0 Å². The second-order valence-electron chi connectivity index (χ2n) is 9.00. The van der Waals surface area contributed by atoms with Crippen LogP contribution >= 0.6 is 11.6 Å². The van der Waals surface area contributed by atoms with Crippen molar-refractivity contribution in [2.45, 2.75) is 49.7 Å². The predicted molar refractivity (Wildman–Crippen MR) is 128 cm³/mol. The summed E-state index contributed by atoms with van der Waals surface area (Å²) in [5.41, 5.74) is 0. The molecule has 0 aromatic heterocycles. The highest BCUT2D eigenvalue weighted by atomic mass is 35.5. The highest BCUT2D eigenvalue weighted by Crippen LogP contribution is 2.23. The molecule has 2 aliphatic heterocycles. The van der Waals surface area contributed by atoms with Crippen LogP contribution in [0.4, 0.5) is 0 Å². The van der Waals surface area contributed by atoms with Crippen molar-refractivity contribution in [1.82, 2.24) is 19.8 Å². The van der Waals surface area contributed by atoms with Crippen molar-refractivity contribution < 1.29 is 18.0 Å². The van der Waals surface area contributed by atoms with Gasteiger partial charge in [-0.2, -0.15) is 4.72 Å². The average Bonchev–Trinajstić information content (AvgIpc) is 2.75. The van der Waals surface area contributed by atoms with E-state index < -0.39 is 16.1 Å². The minimum absolute atomic E-state index is 0.0345. The quantitative estimate of drug-likeness (QED) is 0.665. The number of benzene rings is 2. The number of nitrogens with one attached hydrogen (secondary N) is 2. The van der Waals surface area contributed by atoms with Gasteiger partial charge in [-0.15, -0.1) is 0 Å². The fourth-order valence-electron chi connectivity index (χ4n) is 4.62. The molecule has 2 aromatic carbocycles. The van der Waals surface area contributed by atoms with E-state index in [4.69, 9.17) is 11.6 Å². The second-order valence-corrected chi connectivity index (χ2v) is 11.1. The van der Waals surface area contributed by atoms with Gasteiger partial charge in [0.15, 0.2) is 0 Å². The SMILES string of the molecule is CC1CN(C(=O)CN2CCCC(NS(=O)(=O)c3ccc4cc(Cl)ccc4c3)C2=O)CC(C)N1. The lowest BCUT2D eigenvalue weighted by molar-refractivity contribution is -0.144. The minimum Gasteiger partial charge on any atom is -0.338 e. The molecule has 2 heterocycles. The van der Waals surface area contributed by atoms with E-state index in [1.807, 2.05) is 13.8 Å². The van der Waals surface area contributed by atoms with Crippen molar-refractivity contribution in [3.05, 3.63) is 41.4 Å². The lowest BCUT2D eigenvalue weighted by atomic mass is 10.1. The van der Waals surface area contributed by atoms with Gasteiger partial charge in [-0.3, -0.25) is 9.59 Å². The zero-order valence-electron chi connectivity index (χ0n) is 18.8. The summed E-state index contributed by atoms with van der Waals surface area (Å²) in [4.78, 5) is 29.2. The highest BCUT2D eigenvalue weighted by molar-refractivity contribution is 7.89. The molecule has 8 nitrogen and oxygen atoms in total. The first-order chi connectivity index (χ1) is 15.6. The Balaban J connectivity index is 1.44. The van der Waals surface area contributed by atoms with Crippen LogP contribution in [0.15, 0.2) is 41.3 Å². The van der Waals surface area contributed by atoms with Crippen LogP contribution in [-0.4, -0.2) is 74.3 Å². The summed E-state index contributed by atoms with van der Waals surface area (Å²) in [7, 11) is -3.92. The Morgan fingerprint density at radius 2 is 1.79 bits per heavy atom. The molecule has 0 radical (unpaired) electrons. The van der Waals surface area contributed by atoms with Gasteiger partial charge in [0.2, 0.25) is 21.8 Å². The predicted octanol–water partition coefficient (Wildman–Crippen LogP) is 1.97. The van der Waals surface area contributed by atoms with Gasteiger partial charge in [0.05, 0.1) is 11.4 Å². The molecule has 0 spiro atoms. The zero-order chi connectivity index (χ0) is 23.8. The lowest BCUT2D eigenvalue weighted by Crippen LogP contribution is -2.59. The summed E-state index contributed by atoms with van der Waals surface area (Å²) in [5.74, 6) is -0.470. The number of likely N-dealkylation sites (tertiary alicyclic amines) is 1. The molecule has 2 aromatic rings. The number of carbonyl (C=O) groups excluding carboxylic acids is 2. The van der Waals surface area contributed by atoms with Crippen molar-refractivity contribution in [2.24, 2.45) is 0 Å². The van der Waals surface area contributed by atoms with E-state index in [1.165, 1.54) is 11.0 Å². The standard InChI is InChI=1S/C23H29ClN4O4S/c1-15-12-28(13-16(2)25-15)22(29)14-27-9-3-4-21(23(27)30)26-33(31,32)20-8-6-17-10-19(24)7-5-18(17)11-20/h5-8,10-11,15-16,21,25-26H,3-4,9,12-14H2,1-2H3. The van der Waals surface area contributed by atoms with Gasteiger partial charge in [-0.1, -0.05) is 23.7 Å². The number of hydrogen-bond donors (Lipinski definition) is 2. The highest BCUT2D eigenvalue weighted by Gasteiger charge is 2.35. The fourth-order valence-corrected chi connectivity index (χ4v) is 6.06. The molecule has 3 unspecified atom stereocenters. The molecule has 0 bridgehead atoms. The van der Waals surface area contributed by atoms with E-state index in [9.17, 15) is 18.0 Å². The van der Waals surface area contributed by atoms with Crippen LogP contribution in [0.1, 0.15) is 26.7 Å². The number of halogens is 1. The van der Waals surface area contributed by atoms with Crippen LogP contribution in [0.5, 0.6) is 0 Å². The second kappa shape index (κ2) is 9.58. The van der Waals surface area contributed by atoms with E-state index in [0.29, 0.717) is 37.5 Å². The van der Waals surface area contributed by atoms with Crippen LogP contribution in [-0.2, 0) is 19.6 Å². The first kappa shape index (κ1) is 23.9. The normalized spacial score (nSPS) is 24.3. The summed E-state index contributed by atoms with van der Waals surface area (Å²) >= 11 is 6.00. The maximum atomic E-state index is 13.0. The number of nitrogens with zero attached hydrogens (tertiary/aromatic N) is 2. The Hall–Kier alpha value is -2.20. The Labute approximate surface area is 199 Å².